The van der Waals surface area contributed by atoms with Gasteiger partial charge < -0.3 is 15.4 Å². The zero-order chi connectivity index (χ0) is 16.2. The Morgan fingerprint density at radius 2 is 1.91 bits per heavy atom. The van der Waals surface area contributed by atoms with Crippen LogP contribution in [0.1, 0.15) is 5.82 Å². The summed E-state index contributed by atoms with van der Waals surface area (Å²) in [4.78, 5) is 14.2. The van der Waals surface area contributed by atoms with Gasteiger partial charge >= 0.3 is 0 Å². The van der Waals surface area contributed by atoms with Crippen molar-refractivity contribution in [3.63, 3.8) is 0 Å². The SMILES string of the molecule is CN(C)c1nc(N)nc(COc2ccc(-n3cccn3)cc2)n1. The Morgan fingerprint density at radius 1 is 1.13 bits per heavy atom. The predicted molar refractivity (Wildman–Crippen MR) is 86.5 cm³/mol. The van der Waals surface area contributed by atoms with E-state index in [0.29, 0.717) is 17.5 Å². The maximum Gasteiger partial charge on any atom is 0.230 e. The summed E-state index contributed by atoms with van der Waals surface area (Å²) in [5.41, 5.74) is 6.65. The number of aromatic nitrogens is 5. The van der Waals surface area contributed by atoms with Gasteiger partial charge in [-0.15, -0.1) is 0 Å². The van der Waals surface area contributed by atoms with E-state index in [2.05, 4.69) is 20.1 Å². The molecule has 23 heavy (non-hydrogen) atoms. The average Bonchev–Trinajstić information content (AvgIpc) is 3.07. The Morgan fingerprint density at radius 3 is 2.57 bits per heavy atom. The molecule has 8 nitrogen and oxygen atoms in total. The zero-order valence-electron chi connectivity index (χ0n) is 12.9. The maximum atomic E-state index is 5.70. The van der Waals surface area contributed by atoms with Crippen molar-refractivity contribution in [3.8, 4) is 11.4 Å². The van der Waals surface area contributed by atoms with E-state index in [-0.39, 0.29) is 12.6 Å². The van der Waals surface area contributed by atoms with E-state index < -0.39 is 0 Å². The van der Waals surface area contributed by atoms with Crippen molar-refractivity contribution in [1.82, 2.24) is 24.7 Å². The van der Waals surface area contributed by atoms with Crippen LogP contribution in [-0.4, -0.2) is 38.8 Å². The summed E-state index contributed by atoms with van der Waals surface area (Å²) in [5.74, 6) is 1.88. The second-order valence-electron chi connectivity index (χ2n) is 5.04. The third-order valence-corrected chi connectivity index (χ3v) is 3.06. The van der Waals surface area contributed by atoms with E-state index in [4.69, 9.17) is 10.5 Å². The number of nitrogens with zero attached hydrogens (tertiary/aromatic N) is 6. The van der Waals surface area contributed by atoms with Crippen molar-refractivity contribution in [3.05, 3.63) is 48.5 Å². The molecule has 0 aliphatic rings. The molecule has 0 aliphatic carbocycles. The molecule has 0 amide bonds. The zero-order valence-corrected chi connectivity index (χ0v) is 12.9. The van der Waals surface area contributed by atoms with Gasteiger partial charge in [-0.05, 0) is 30.3 Å². The minimum atomic E-state index is 0.177. The smallest absolute Gasteiger partial charge is 0.230 e. The number of ether oxygens (including phenoxy) is 1. The molecule has 0 saturated heterocycles. The lowest BCUT2D eigenvalue weighted by molar-refractivity contribution is 0.295. The number of benzene rings is 1. The Kier molecular flexibility index (Phi) is 4.05. The number of hydrogen-bond donors (Lipinski definition) is 1. The largest absolute Gasteiger partial charge is 0.486 e. The molecule has 1 aromatic carbocycles. The monoisotopic (exact) mass is 311 g/mol. The van der Waals surface area contributed by atoms with Gasteiger partial charge in [0.15, 0.2) is 5.82 Å². The molecular formula is C15H17N7O. The number of nitrogens with two attached hydrogens (primary N) is 1. The highest BCUT2D eigenvalue weighted by molar-refractivity contribution is 5.37. The van der Waals surface area contributed by atoms with Crippen LogP contribution in [0.2, 0.25) is 0 Å². The lowest BCUT2D eigenvalue weighted by atomic mass is 10.3. The molecular weight excluding hydrogens is 294 g/mol. The van der Waals surface area contributed by atoms with Crippen LogP contribution in [0, 0.1) is 0 Å². The number of nitrogen functional groups attached to an aromatic ring is 1. The summed E-state index contributed by atoms with van der Waals surface area (Å²) < 4.78 is 7.48. The lowest BCUT2D eigenvalue weighted by Crippen LogP contribution is -2.16. The van der Waals surface area contributed by atoms with Crippen LogP contribution in [0.5, 0.6) is 5.75 Å². The van der Waals surface area contributed by atoms with Crippen LogP contribution in [0.3, 0.4) is 0 Å². The first-order valence-corrected chi connectivity index (χ1v) is 7.02. The summed E-state index contributed by atoms with van der Waals surface area (Å²) in [5, 5.41) is 4.18. The Hall–Kier alpha value is -3.16. The van der Waals surface area contributed by atoms with Crippen LogP contribution in [-0.2, 0) is 6.61 Å². The molecule has 0 radical (unpaired) electrons. The molecule has 118 valence electrons. The van der Waals surface area contributed by atoms with Gasteiger partial charge in [-0.3, -0.25) is 0 Å². The van der Waals surface area contributed by atoms with Gasteiger partial charge in [0.1, 0.15) is 12.4 Å². The van der Waals surface area contributed by atoms with E-state index in [9.17, 15) is 0 Å². The van der Waals surface area contributed by atoms with Crippen molar-refractivity contribution >= 4 is 11.9 Å². The number of rotatable bonds is 5. The second kappa shape index (κ2) is 6.30. The molecule has 0 atom stereocenters. The normalized spacial score (nSPS) is 10.5. The Bertz CT molecular complexity index is 769. The van der Waals surface area contributed by atoms with Crippen molar-refractivity contribution in [1.29, 1.82) is 0 Å². The van der Waals surface area contributed by atoms with E-state index >= 15 is 0 Å². The fourth-order valence-corrected chi connectivity index (χ4v) is 1.95. The molecule has 0 spiro atoms. The van der Waals surface area contributed by atoms with E-state index in [0.717, 1.165) is 5.69 Å². The fourth-order valence-electron chi connectivity index (χ4n) is 1.95. The van der Waals surface area contributed by atoms with Crippen molar-refractivity contribution < 1.29 is 4.74 Å². The van der Waals surface area contributed by atoms with Gasteiger partial charge in [0, 0.05) is 26.5 Å². The van der Waals surface area contributed by atoms with Crippen molar-refractivity contribution in [2.24, 2.45) is 0 Å². The molecule has 0 aliphatic heterocycles. The maximum absolute atomic E-state index is 5.70. The van der Waals surface area contributed by atoms with Crippen LogP contribution >= 0.6 is 0 Å². The molecule has 0 unspecified atom stereocenters. The molecule has 3 rings (SSSR count). The molecule has 0 bridgehead atoms. The topological polar surface area (TPSA) is 95.0 Å². The average molecular weight is 311 g/mol. The van der Waals surface area contributed by atoms with Crippen molar-refractivity contribution in [2.75, 3.05) is 24.7 Å². The second-order valence-corrected chi connectivity index (χ2v) is 5.04. The van der Waals surface area contributed by atoms with Gasteiger partial charge in [0.05, 0.1) is 5.69 Å². The number of anilines is 2. The first kappa shape index (κ1) is 14.8. The van der Waals surface area contributed by atoms with Gasteiger partial charge in [-0.1, -0.05) is 0 Å². The van der Waals surface area contributed by atoms with Gasteiger partial charge in [-0.2, -0.15) is 20.1 Å². The molecule has 2 heterocycles. The van der Waals surface area contributed by atoms with E-state index in [1.807, 2.05) is 50.6 Å². The minimum absolute atomic E-state index is 0.177. The van der Waals surface area contributed by atoms with Crippen LogP contribution in [0.15, 0.2) is 42.7 Å². The molecule has 3 aromatic rings. The van der Waals surface area contributed by atoms with Gasteiger partial charge in [-0.25, -0.2) is 4.68 Å². The Balaban J connectivity index is 1.69. The van der Waals surface area contributed by atoms with E-state index in [1.54, 1.807) is 15.8 Å². The van der Waals surface area contributed by atoms with Crippen LogP contribution < -0.4 is 15.4 Å². The highest BCUT2D eigenvalue weighted by Gasteiger charge is 2.07. The van der Waals surface area contributed by atoms with Gasteiger partial charge in [0.25, 0.3) is 0 Å². The highest BCUT2D eigenvalue weighted by Crippen LogP contribution is 2.16. The molecule has 0 fully saturated rings. The van der Waals surface area contributed by atoms with Crippen molar-refractivity contribution in [2.45, 2.75) is 6.61 Å². The number of hydrogen-bond acceptors (Lipinski definition) is 7. The third-order valence-electron chi connectivity index (χ3n) is 3.06. The standard InChI is InChI=1S/C15H17N7O/c1-21(2)15-19-13(18-14(16)20-15)10-23-12-6-4-11(5-7-12)22-9-3-8-17-22/h3-9H,10H2,1-2H3,(H2,16,18,19,20). The third kappa shape index (κ3) is 3.54. The quantitative estimate of drug-likeness (QED) is 0.758. The van der Waals surface area contributed by atoms with Crippen LogP contribution in [0.25, 0.3) is 5.69 Å². The first-order valence-electron chi connectivity index (χ1n) is 7.02. The molecule has 0 saturated carbocycles. The fraction of sp³-hybridized carbons (Fsp3) is 0.200. The summed E-state index contributed by atoms with van der Waals surface area (Å²) in [6, 6.07) is 9.46. The summed E-state index contributed by atoms with van der Waals surface area (Å²) >= 11 is 0. The lowest BCUT2D eigenvalue weighted by Gasteiger charge is -2.12. The predicted octanol–water partition coefficient (Wildman–Crippen LogP) is 1.28. The first-order chi connectivity index (χ1) is 11.1. The highest BCUT2D eigenvalue weighted by atomic mass is 16.5. The summed E-state index contributed by atoms with van der Waals surface area (Å²) in [6.45, 7) is 0.217. The molecule has 2 aromatic heterocycles. The summed E-state index contributed by atoms with van der Waals surface area (Å²) in [6.07, 6.45) is 3.62. The summed E-state index contributed by atoms with van der Waals surface area (Å²) in [7, 11) is 3.68. The molecule has 8 heteroatoms. The van der Waals surface area contributed by atoms with Gasteiger partial charge in [0.2, 0.25) is 11.9 Å². The Labute approximate surface area is 133 Å². The van der Waals surface area contributed by atoms with Crippen LogP contribution in [0.4, 0.5) is 11.9 Å². The van der Waals surface area contributed by atoms with E-state index in [1.165, 1.54) is 0 Å². The molecule has 2 N–H and O–H groups in total. The minimum Gasteiger partial charge on any atom is -0.486 e.